The van der Waals surface area contributed by atoms with Crippen molar-refractivity contribution in [2.45, 2.75) is 44.6 Å². The number of aromatic nitrogens is 2. The van der Waals surface area contributed by atoms with Crippen LogP contribution in [0, 0.1) is 0 Å². The molecule has 0 bridgehead atoms. The molecule has 0 radical (unpaired) electrons. The zero-order chi connectivity index (χ0) is 18.7. The Kier molecular flexibility index (Phi) is 6.03. The van der Waals surface area contributed by atoms with Crippen LogP contribution < -0.4 is 0 Å². The highest BCUT2D eigenvalue weighted by Gasteiger charge is 2.33. The van der Waals surface area contributed by atoms with Gasteiger partial charge in [0, 0.05) is 24.7 Å². The molecule has 1 N–H and O–H groups in total. The molecule has 0 atom stereocenters. The van der Waals surface area contributed by atoms with E-state index >= 15 is 0 Å². The second-order valence-electron chi connectivity index (χ2n) is 7.00. The summed E-state index contributed by atoms with van der Waals surface area (Å²) < 4.78 is 29.1. The Labute approximate surface area is 150 Å². The zero-order valence-electron chi connectivity index (χ0n) is 15.3. The summed E-state index contributed by atoms with van der Waals surface area (Å²) in [6.45, 7) is 8.28. The minimum atomic E-state index is -3.71. The van der Waals surface area contributed by atoms with Crippen LogP contribution in [0.4, 0.5) is 0 Å². The van der Waals surface area contributed by atoms with Crippen LogP contribution in [0.15, 0.2) is 41.4 Å². The lowest BCUT2D eigenvalue weighted by Gasteiger charge is -2.22. The highest BCUT2D eigenvalue weighted by Crippen LogP contribution is 2.29. The summed E-state index contributed by atoms with van der Waals surface area (Å²) in [4.78, 5) is 0.214. The maximum Gasteiger partial charge on any atom is 0.246 e. The third-order valence-electron chi connectivity index (χ3n) is 3.95. The lowest BCUT2D eigenvalue weighted by atomic mass is 9.92. The molecule has 0 spiro atoms. The molecule has 0 aliphatic carbocycles. The number of hydrogen-bond donors (Lipinski definition) is 1. The van der Waals surface area contributed by atoms with Crippen molar-refractivity contribution in [1.29, 1.82) is 0 Å². The molecule has 2 aromatic rings. The summed E-state index contributed by atoms with van der Waals surface area (Å²) in [5, 5.41) is 13.7. The monoisotopic (exact) mass is 365 g/mol. The van der Waals surface area contributed by atoms with Gasteiger partial charge in [0.05, 0.1) is 18.8 Å². The quantitative estimate of drug-likeness (QED) is 0.816. The standard InChI is InChI=1S/C18H27N3O3S/c1-5-21(11-12-22)25(23,24)16-14-20(19-17(16)18(2,3)4)13-15-9-7-6-8-10-15/h6-10,14,22H,5,11-13H2,1-4H3. The van der Waals surface area contributed by atoms with Gasteiger partial charge in [-0.05, 0) is 5.56 Å². The highest BCUT2D eigenvalue weighted by molar-refractivity contribution is 7.89. The lowest BCUT2D eigenvalue weighted by molar-refractivity contribution is 0.257. The fourth-order valence-corrected chi connectivity index (χ4v) is 4.45. The van der Waals surface area contributed by atoms with Crippen LogP contribution >= 0.6 is 0 Å². The maximum absolute atomic E-state index is 13.0. The molecule has 0 amide bonds. The summed E-state index contributed by atoms with van der Waals surface area (Å²) in [5.41, 5.74) is 1.18. The zero-order valence-corrected chi connectivity index (χ0v) is 16.1. The molecular weight excluding hydrogens is 338 g/mol. The van der Waals surface area contributed by atoms with Gasteiger partial charge < -0.3 is 5.11 Å². The predicted molar refractivity (Wildman–Crippen MR) is 98.0 cm³/mol. The first-order chi connectivity index (χ1) is 11.7. The van der Waals surface area contributed by atoms with Crippen LogP contribution in [0.25, 0.3) is 0 Å². The molecule has 0 unspecified atom stereocenters. The van der Waals surface area contributed by atoms with E-state index < -0.39 is 15.4 Å². The summed E-state index contributed by atoms with van der Waals surface area (Å²) >= 11 is 0. The third kappa shape index (κ3) is 4.48. The molecule has 0 saturated carbocycles. The molecule has 1 aromatic carbocycles. The van der Waals surface area contributed by atoms with Crippen molar-refractivity contribution in [3.63, 3.8) is 0 Å². The van der Waals surface area contributed by atoms with Crippen molar-refractivity contribution in [3.05, 3.63) is 47.8 Å². The Morgan fingerprint density at radius 2 is 1.84 bits per heavy atom. The van der Waals surface area contributed by atoms with Crippen LogP contribution in [0.1, 0.15) is 39.0 Å². The summed E-state index contributed by atoms with van der Waals surface area (Å²) in [6, 6.07) is 9.80. The first-order valence-corrected chi connectivity index (χ1v) is 9.87. The van der Waals surface area contributed by atoms with Crippen molar-refractivity contribution in [2.75, 3.05) is 19.7 Å². The largest absolute Gasteiger partial charge is 0.395 e. The first kappa shape index (κ1) is 19.6. The van der Waals surface area contributed by atoms with Gasteiger partial charge in [0.15, 0.2) is 0 Å². The van der Waals surface area contributed by atoms with E-state index in [9.17, 15) is 13.5 Å². The molecule has 0 aliphatic rings. The van der Waals surface area contributed by atoms with Crippen LogP contribution in [-0.4, -0.2) is 47.3 Å². The van der Waals surface area contributed by atoms with Crippen LogP contribution in [0.2, 0.25) is 0 Å². The fourth-order valence-electron chi connectivity index (χ4n) is 2.66. The van der Waals surface area contributed by atoms with Gasteiger partial charge in [0.2, 0.25) is 10.0 Å². The molecule has 138 valence electrons. The van der Waals surface area contributed by atoms with E-state index in [1.807, 2.05) is 51.1 Å². The van der Waals surface area contributed by atoms with Gasteiger partial charge in [-0.25, -0.2) is 8.42 Å². The number of nitrogens with zero attached hydrogens (tertiary/aromatic N) is 3. The van der Waals surface area contributed by atoms with Crippen molar-refractivity contribution in [1.82, 2.24) is 14.1 Å². The number of rotatable bonds is 7. The average molecular weight is 365 g/mol. The molecule has 7 heteroatoms. The molecule has 0 saturated heterocycles. The maximum atomic E-state index is 13.0. The van der Waals surface area contributed by atoms with Gasteiger partial charge in [-0.3, -0.25) is 4.68 Å². The molecule has 25 heavy (non-hydrogen) atoms. The van der Waals surface area contributed by atoms with Crippen molar-refractivity contribution in [3.8, 4) is 0 Å². The number of sulfonamides is 1. The van der Waals surface area contributed by atoms with Crippen molar-refractivity contribution in [2.24, 2.45) is 0 Å². The van der Waals surface area contributed by atoms with Gasteiger partial charge in [0.1, 0.15) is 4.90 Å². The summed E-state index contributed by atoms with van der Waals surface area (Å²) in [5.74, 6) is 0. The topological polar surface area (TPSA) is 75.4 Å². The van der Waals surface area contributed by atoms with Gasteiger partial charge >= 0.3 is 0 Å². The Balaban J connectivity index is 2.49. The van der Waals surface area contributed by atoms with E-state index in [1.54, 1.807) is 17.8 Å². The molecule has 0 aliphatic heterocycles. The summed E-state index contributed by atoms with van der Waals surface area (Å²) in [7, 11) is -3.71. The van der Waals surface area contributed by atoms with Gasteiger partial charge in [-0.15, -0.1) is 0 Å². The number of benzene rings is 1. The predicted octanol–water partition coefficient (Wildman–Crippen LogP) is 2.23. The molecule has 0 fully saturated rings. The smallest absolute Gasteiger partial charge is 0.246 e. The van der Waals surface area contributed by atoms with Gasteiger partial charge in [-0.1, -0.05) is 58.0 Å². The van der Waals surface area contributed by atoms with E-state index in [-0.39, 0.29) is 18.0 Å². The highest BCUT2D eigenvalue weighted by atomic mass is 32.2. The number of aliphatic hydroxyl groups is 1. The van der Waals surface area contributed by atoms with Gasteiger partial charge in [-0.2, -0.15) is 9.40 Å². The Morgan fingerprint density at radius 3 is 2.36 bits per heavy atom. The van der Waals surface area contributed by atoms with Gasteiger partial charge in [0.25, 0.3) is 0 Å². The van der Waals surface area contributed by atoms with E-state index in [0.717, 1.165) is 5.56 Å². The molecule has 6 nitrogen and oxygen atoms in total. The second-order valence-corrected chi connectivity index (χ2v) is 8.90. The number of likely N-dealkylation sites (N-methyl/N-ethyl adjacent to an activating group) is 1. The van der Waals surface area contributed by atoms with Crippen LogP contribution in [-0.2, 0) is 22.0 Å². The first-order valence-electron chi connectivity index (χ1n) is 8.43. The van der Waals surface area contributed by atoms with E-state index in [1.165, 1.54) is 4.31 Å². The van der Waals surface area contributed by atoms with E-state index in [0.29, 0.717) is 18.8 Å². The van der Waals surface area contributed by atoms with Crippen molar-refractivity contribution < 1.29 is 13.5 Å². The lowest BCUT2D eigenvalue weighted by Crippen LogP contribution is -2.34. The molecule has 2 rings (SSSR count). The second kappa shape index (κ2) is 7.68. The molecule has 1 aromatic heterocycles. The average Bonchev–Trinajstić information content (AvgIpc) is 2.98. The number of hydrogen-bond acceptors (Lipinski definition) is 4. The van der Waals surface area contributed by atoms with Crippen molar-refractivity contribution >= 4 is 10.0 Å². The van der Waals surface area contributed by atoms with E-state index in [4.69, 9.17) is 0 Å². The fraction of sp³-hybridized carbons (Fsp3) is 0.500. The molecule has 1 heterocycles. The minimum absolute atomic E-state index is 0.0757. The summed E-state index contributed by atoms with van der Waals surface area (Å²) in [6.07, 6.45) is 1.60. The van der Waals surface area contributed by atoms with Crippen LogP contribution in [0.5, 0.6) is 0 Å². The third-order valence-corrected chi connectivity index (χ3v) is 5.92. The number of aliphatic hydroxyl groups excluding tert-OH is 1. The van der Waals surface area contributed by atoms with Crippen LogP contribution in [0.3, 0.4) is 0 Å². The Morgan fingerprint density at radius 1 is 1.20 bits per heavy atom. The normalized spacial score (nSPS) is 12.7. The van der Waals surface area contributed by atoms with E-state index in [2.05, 4.69) is 5.10 Å². The Hall–Kier alpha value is -1.70. The SMILES string of the molecule is CCN(CCO)S(=O)(=O)c1cn(Cc2ccccc2)nc1C(C)(C)C. The minimum Gasteiger partial charge on any atom is -0.395 e. The molecular formula is C18H27N3O3S. The Bertz CT molecular complexity index is 793.